The Morgan fingerprint density at radius 2 is 2.50 bits per heavy atom. The molecule has 1 heterocycles. The van der Waals surface area contributed by atoms with Gasteiger partial charge in [-0.3, -0.25) is 4.79 Å². The first-order valence-electron chi connectivity index (χ1n) is 2.54. The van der Waals surface area contributed by atoms with Crippen LogP contribution in [0.25, 0.3) is 0 Å². The molecule has 5 heteroatoms. The molecule has 0 amide bonds. The summed E-state index contributed by atoms with van der Waals surface area (Å²) in [5.74, 6) is 0.182. The van der Waals surface area contributed by atoms with Crippen LogP contribution in [0.3, 0.4) is 0 Å². The van der Waals surface area contributed by atoms with Gasteiger partial charge in [0.05, 0.1) is 0 Å². The molecule has 1 aromatic rings. The molecule has 0 atom stereocenters. The summed E-state index contributed by atoms with van der Waals surface area (Å²) in [5.41, 5.74) is 0. The van der Waals surface area contributed by atoms with Gasteiger partial charge in [0.1, 0.15) is 6.07 Å². The topological polar surface area (TPSA) is 71.6 Å². The smallest absolute Gasteiger partial charge is 0.231 e. The van der Waals surface area contributed by atoms with E-state index in [1.54, 1.807) is 13.1 Å². The number of aromatic nitrogens is 3. The van der Waals surface area contributed by atoms with Crippen molar-refractivity contribution in [2.75, 3.05) is 0 Å². The second-order valence-electron chi connectivity index (χ2n) is 1.65. The van der Waals surface area contributed by atoms with Gasteiger partial charge in [-0.15, -0.1) is 5.10 Å². The Morgan fingerprint density at radius 1 is 1.80 bits per heavy atom. The summed E-state index contributed by atoms with van der Waals surface area (Å²) in [6, 6.07) is 1.78. The molecular formula is C5H4N4O. The number of aryl methyl sites for hydroxylation is 1. The first-order chi connectivity index (χ1) is 4.77. The van der Waals surface area contributed by atoms with Crippen LogP contribution in [0.1, 0.15) is 16.4 Å². The number of nitriles is 1. The van der Waals surface area contributed by atoms with E-state index < -0.39 is 0 Å². The number of aldehydes is 1. The SMILES string of the molecule is Cn1nc(C=O)nc1C#N. The average molecular weight is 136 g/mol. The van der Waals surface area contributed by atoms with Crippen molar-refractivity contribution in [3.05, 3.63) is 11.6 Å². The van der Waals surface area contributed by atoms with E-state index in [1.165, 1.54) is 4.68 Å². The lowest BCUT2D eigenvalue weighted by Crippen LogP contribution is -1.93. The fourth-order valence-electron chi connectivity index (χ4n) is 0.552. The molecule has 0 aliphatic rings. The Hall–Kier alpha value is -1.70. The number of hydrogen-bond donors (Lipinski definition) is 0. The molecule has 0 bridgehead atoms. The zero-order chi connectivity index (χ0) is 7.56. The van der Waals surface area contributed by atoms with Crippen molar-refractivity contribution < 1.29 is 4.79 Å². The Balaban J connectivity index is 3.19. The summed E-state index contributed by atoms with van der Waals surface area (Å²) in [7, 11) is 1.55. The Bertz CT molecular complexity index is 295. The standard InChI is InChI=1S/C5H4N4O/c1-9-5(2-6)7-4(3-10)8-9/h3H,1H3. The lowest BCUT2D eigenvalue weighted by Gasteiger charge is -1.82. The summed E-state index contributed by atoms with van der Waals surface area (Å²) in [4.78, 5) is 13.6. The van der Waals surface area contributed by atoms with Crippen molar-refractivity contribution in [3.8, 4) is 6.07 Å². The van der Waals surface area contributed by atoms with Crippen molar-refractivity contribution in [2.45, 2.75) is 0 Å². The molecule has 10 heavy (non-hydrogen) atoms. The lowest BCUT2D eigenvalue weighted by molar-refractivity contribution is 0.111. The van der Waals surface area contributed by atoms with Crippen molar-refractivity contribution >= 4 is 6.29 Å². The summed E-state index contributed by atoms with van der Waals surface area (Å²) >= 11 is 0. The monoisotopic (exact) mass is 136 g/mol. The van der Waals surface area contributed by atoms with Crippen molar-refractivity contribution in [3.63, 3.8) is 0 Å². The van der Waals surface area contributed by atoms with Crippen LogP contribution in [0.15, 0.2) is 0 Å². The Labute approximate surface area is 56.9 Å². The van der Waals surface area contributed by atoms with Crippen LogP contribution in [0.5, 0.6) is 0 Å². The number of hydrogen-bond acceptors (Lipinski definition) is 4. The Kier molecular flexibility index (Phi) is 1.46. The van der Waals surface area contributed by atoms with E-state index in [4.69, 9.17) is 5.26 Å². The zero-order valence-corrected chi connectivity index (χ0v) is 5.27. The minimum atomic E-state index is 0.0408. The third-order valence-electron chi connectivity index (χ3n) is 0.985. The highest BCUT2D eigenvalue weighted by Crippen LogP contribution is 1.90. The predicted octanol–water partition coefficient (Wildman–Crippen LogP) is -0.501. The molecule has 1 rings (SSSR count). The number of nitrogens with zero attached hydrogens (tertiary/aromatic N) is 4. The maximum atomic E-state index is 10.0. The molecule has 0 aliphatic carbocycles. The van der Waals surface area contributed by atoms with Gasteiger partial charge >= 0.3 is 0 Å². The highest BCUT2D eigenvalue weighted by molar-refractivity contribution is 5.68. The van der Waals surface area contributed by atoms with Crippen LogP contribution in [-0.4, -0.2) is 21.1 Å². The molecule has 0 aliphatic heterocycles. The molecule has 0 fully saturated rings. The molecule has 5 nitrogen and oxygen atoms in total. The van der Waals surface area contributed by atoms with Crippen LogP contribution in [0, 0.1) is 11.3 Å². The van der Waals surface area contributed by atoms with Crippen molar-refractivity contribution in [2.24, 2.45) is 7.05 Å². The molecule has 0 unspecified atom stereocenters. The normalized spacial score (nSPS) is 8.80. The maximum absolute atomic E-state index is 10.0. The third kappa shape index (κ3) is 0.865. The predicted molar refractivity (Wildman–Crippen MR) is 31.1 cm³/mol. The molecular weight excluding hydrogens is 132 g/mol. The van der Waals surface area contributed by atoms with Gasteiger partial charge in [0.15, 0.2) is 6.29 Å². The second-order valence-corrected chi connectivity index (χ2v) is 1.65. The maximum Gasteiger partial charge on any atom is 0.231 e. The van der Waals surface area contributed by atoms with Gasteiger partial charge in [0, 0.05) is 7.05 Å². The molecule has 0 aromatic carbocycles. The number of carbonyl (C=O) groups is 1. The van der Waals surface area contributed by atoms with Gasteiger partial charge in [-0.1, -0.05) is 0 Å². The van der Waals surface area contributed by atoms with E-state index >= 15 is 0 Å². The highest BCUT2D eigenvalue weighted by atomic mass is 16.1. The van der Waals surface area contributed by atoms with E-state index in [9.17, 15) is 4.79 Å². The van der Waals surface area contributed by atoms with Gasteiger partial charge in [-0.05, 0) is 0 Å². The molecule has 1 aromatic heterocycles. The minimum absolute atomic E-state index is 0.0408. The van der Waals surface area contributed by atoms with Crippen LogP contribution >= 0.6 is 0 Å². The number of carbonyl (C=O) groups excluding carboxylic acids is 1. The molecule has 50 valence electrons. The largest absolute Gasteiger partial charge is 0.294 e. The molecule has 0 radical (unpaired) electrons. The summed E-state index contributed by atoms with van der Waals surface area (Å²) in [6.45, 7) is 0. The molecule has 0 saturated carbocycles. The fraction of sp³-hybridized carbons (Fsp3) is 0.200. The fourth-order valence-corrected chi connectivity index (χ4v) is 0.552. The molecule has 0 saturated heterocycles. The van der Waals surface area contributed by atoms with Crippen LogP contribution in [0.2, 0.25) is 0 Å². The van der Waals surface area contributed by atoms with E-state index in [0.29, 0.717) is 6.29 Å². The van der Waals surface area contributed by atoms with E-state index in [2.05, 4.69) is 10.1 Å². The summed E-state index contributed by atoms with van der Waals surface area (Å²) in [5, 5.41) is 12.0. The van der Waals surface area contributed by atoms with Gasteiger partial charge in [0.2, 0.25) is 11.6 Å². The summed E-state index contributed by atoms with van der Waals surface area (Å²) < 4.78 is 1.25. The van der Waals surface area contributed by atoms with Gasteiger partial charge in [-0.2, -0.15) is 10.2 Å². The van der Waals surface area contributed by atoms with Gasteiger partial charge in [-0.25, -0.2) is 4.68 Å². The third-order valence-corrected chi connectivity index (χ3v) is 0.985. The minimum Gasteiger partial charge on any atom is -0.294 e. The average Bonchev–Trinajstić information content (AvgIpc) is 2.30. The van der Waals surface area contributed by atoms with Crippen LogP contribution in [-0.2, 0) is 7.05 Å². The van der Waals surface area contributed by atoms with Gasteiger partial charge in [0.25, 0.3) is 0 Å². The van der Waals surface area contributed by atoms with Gasteiger partial charge < -0.3 is 0 Å². The first kappa shape index (κ1) is 6.42. The molecule has 0 spiro atoms. The van der Waals surface area contributed by atoms with E-state index in [-0.39, 0.29) is 11.6 Å². The highest BCUT2D eigenvalue weighted by Gasteiger charge is 2.02. The quantitative estimate of drug-likeness (QED) is 0.488. The first-order valence-corrected chi connectivity index (χ1v) is 2.54. The van der Waals surface area contributed by atoms with E-state index in [0.717, 1.165) is 0 Å². The summed E-state index contributed by atoms with van der Waals surface area (Å²) in [6.07, 6.45) is 0.501. The van der Waals surface area contributed by atoms with Crippen molar-refractivity contribution in [1.29, 1.82) is 5.26 Å². The number of rotatable bonds is 1. The second kappa shape index (κ2) is 2.27. The lowest BCUT2D eigenvalue weighted by atomic mass is 10.6. The zero-order valence-electron chi connectivity index (χ0n) is 5.27. The Morgan fingerprint density at radius 3 is 2.80 bits per heavy atom. The van der Waals surface area contributed by atoms with Crippen LogP contribution in [0.4, 0.5) is 0 Å². The van der Waals surface area contributed by atoms with E-state index in [1.807, 2.05) is 0 Å². The molecule has 0 N–H and O–H groups in total. The van der Waals surface area contributed by atoms with Crippen molar-refractivity contribution in [1.82, 2.24) is 14.8 Å². The van der Waals surface area contributed by atoms with Crippen LogP contribution < -0.4 is 0 Å².